The lowest BCUT2D eigenvalue weighted by atomic mass is 9.97. The van der Waals surface area contributed by atoms with E-state index in [0.29, 0.717) is 40.6 Å². The summed E-state index contributed by atoms with van der Waals surface area (Å²) in [6.45, 7) is 8.89. The van der Waals surface area contributed by atoms with E-state index in [0.717, 1.165) is 11.3 Å². The summed E-state index contributed by atoms with van der Waals surface area (Å²) in [4.78, 5) is 2.32. The van der Waals surface area contributed by atoms with Crippen molar-refractivity contribution in [3.8, 4) is 0 Å². The van der Waals surface area contributed by atoms with Crippen molar-refractivity contribution < 1.29 is 8.42 Å². The van der Waals surface area contributed by atoms with Crippen LogP contribution in [0.2, 0.25) is 4.34 Å². The molecule has 3 rings (SSSR count). The van der Waals surface area contributed by atoms with Crippen molar-refractivity contribution in [1.29, 1.82) is 0 Å². The molecule has 2 heterocycles. The first-order valence-corrected chi connectivity index (χ1v) is 11.0. The molecule has 0 spiro atoms. The highest BCUT2D eigenvalue weighted by molar-refractivity contribution is 7.91. The minimum absolute atomic E-state index is 0.324. The Morgan fingerprint density at radius 1 is 1.08 bits per heavy atom. The van der Waals surface area contributed by atoms with E-state index in [9.17, 15) is 8.42 Å². The molecule has 1 saturated heterocycles. The minimum Gasteiger partial charge on any atom is -0.368 e. The van der Waals surface area contributed by atoms with Crippen molar-refractivity contribution in [2.24, 2.45) is 0 Å². The summed E-state index contributed by atoms with van der Waals surface area (Å²) in [5.41, 5.74) is 3.82. The van der Waals surface area contributed by atoms with Crippen LogP contribution in [0, 0.1) is 6.92 Å². The van der Waals surface area contributed by atoms with Gasteiger partial charge in [-0.3, -0.25) is 0 Å². The molecule has 0 bridgehead atoms. The maximum absolute atomic E-state index is 12.7. The molecule has 1 aromatic heterocycles. The second-order valence-corrected chi connectivity index (χ2v) is 10.5. The fourth-order valence-electron chi connectivity index (χ4n) is 3.30. The van der Waals surface area contributed by atoms with Gasteiger partial charge >= 0.3 is 0 Å². The molecule has 25 heavy (non-hydrogen) atoms. The highest BCUT2D eigenvalue weighted by Gasteiger charge is 2.30. The van der Waals surface area contributed by atoms with Gasteiger partial charge in [0.2, 0.25) is 0 Å². The van der Waals surface area contributed by atoms with Crippen LogP contribution in [0.3, 0.4) is 0 Å². The molecular weight excluding hydrogens is 376 g/mol. The number of anilines is 1. The molecule has 4 nitrogen and oxygen atoms in total. The van der Waals surface area contributed by atoms with Crippen molar-refractivity contribution in [2.45, 2.75) is 30.9 Å². The Balaban J connectivity index is 1.79. The van der Waals surface area contributed by atoms with Gasteiger partial charge < -0.3 is 4.90 Å². The molecule has 1 aliphatic heterocycles. The summed E-state index contributed by atoms with van der Waals surface area (Å²) in [5.74, 6) is 0.435. The third-order valence-corrected chi connectivity index (χ3v) is 8.19. The number of benzene rings is 1. The lowest BCUT2D eigenvalue weighted by Gasteiger charge is -2.37. The van der Waals surface area contributed by atoms with E-state index < -0.39 is 10.0 Å². The average molecular weight is 399 g/mol. The van der Waals surface area contributed by atoms with E-state index >= 15 is 0 Å². The zero-order valence-corrected chi connectivity index (χ0v) is 17.1. The third-order valence-electron chi connectivity index (χ3n) is 4.59. The van der Waals surface area contributed by atoms with Gasteiger partial charge in [-0.2, -0.15) is 4.31 Å². The topological polar surface area (TPSA) is 40.6 Å². The van der Waals surface area contributed by atoms with Crippen LogP contribution >= 0.6 is 22.9 Å². The smallest absolute Gasteiger partial charge is 0.252 e. The Labute approximate surface area is 159 Å². The Morgan fingerprint density at radius 2 is 1.76 bits per heavy atom. The maximum Gasteiger partial charge on any atom is 0.252 e. The van der Waals surface area contributed by atoms with Gasteiger partial charge in [-0.15, -0.1) is 11.3 Å². The molecule has 2 aromatic rings. The number of nitrogens with zero attached hydrogens (tertiary/aromatic N) is 2. The first-order valence-electron chi connectivity index (χ1n) is 8.40. The van der Waals surface area contributed by atoms with Gasteiger partial charge in [-0.05, 0) is 36.1 Å². The molecule has 0 N–H and O–H groups in total. The summed E-state index contributed by atoms with van der Waals surface area (Å²) in [7, 11) is -3.44. The summed E-state index contributed by atoms with van der Waals surface area (Å²) in [6.07, 6.45) is 0. The molecule has 0 aliphatic carbocycles. The molecular formula is C18H23ClN2O2S2. The Kier molecular flexibility index (Phi) is 5.44. The highest BCUT2D eigenvalue weighted by atomic mass is 35.5. The lowest BCUT2D eigenvalue weighted by Crippen LogP contribution is -2.49. The van der Waals surface area contributed by atoms with E-state index in [1.54, 1.807) is 16.4 Å². The minimum atomic E-state index is -3.44. The molecule has 136 valence electrons. The zero-order chi connectivity index (χ0) is 18.2. The Hall–Kier alpha value is -1.08. The van der Waals surface area contributed by atoms with E-state index in [2.05, 4.69) is 43.9 Å². The standard InChI is InChI=1S/C18H23ClN2O2S2/c1-13(2)15-6-4-5-14(3)18(15)20-9-11-21(12-10-20)25(22,23)17-8-7-16(19)24-17/h4-8,13H,9-12H2,1-3H3. The van der Waals surface area contributed by atoms with Gasteiger partial charge in [0.05, 0.1) is 4.34 Å². The molecule has 1 aromatic carbocycles. The summed E-state index contributed by atoms with van der Waals surface area (Å²) in [6, 6.07) is 9.61. The summed E-state index contributed by atoms with van der Waals surface area (Å²) >= 11 is 7.02. The van der Waals surface area contributed by atoms with Crippen LogP contribution in [0.5, 0.6) is 0 Å². The number of rotatable bonds is 4. The largest absolute Gasteiger partial charge is 0.368 e. The predicted molar refractivity (Wildman–Crippen MR) is 106 cm³/mol. The molecule has 7 heteroatoms. The fraction of sp³-hybridized carbons (Fsp3) is 0.444. The second-order valence-electron chi connectivity index (χ2n) is 6.62. The van der Waals surface area contributed by atoms with Crippen molar-refractivity contribution in [3.63, 3.8) is 0 Å². The van der Waals surface area contributed by atoms with Crippen LogP contribution in [0.1, 0.15) is 30.9 Å². The molecule has 0 saturated carbocycles. The van der Waals surface area contributed by atoms with Crippen molar-refractivity contribution in [1.82, 2.24) is 4.31 Å². The van der Waals surface area contributed by atoms with Gasteiger partial charge in [-0.25, -0.2) is 8.42 Å². The van der Waals surface area contributed by atoms with E-state index in [1.807, 2.05) is 0 Å². The number of sulfonamides is 1. The van der Waals surface area contributed by atoms with Crippen LogP contribution in [0.15, 0.2) is 34.5 Å². The summed E-state index contributed by atoms with van der Waals surface area (Å²) in [5, 5.41) is 0. The van der Waals surface area contributed by atoms with Gasteiger partial charge in [0.1, 0.15) is 4.21 Å². The molecule has 0 unspecified atom stereocenters. The first-order chi connectivity index (χ1) is 11.8. The monoisotopic (exact) mass is 398 g/mol. The van der Waals surface area contributed by atoms with Gasteiger partial charge in [0, 0.05) is 31.9 Å². The molecule has 1 fully saturated rings. The molecule has 0 radical (unpaired) electrons. The normalized spacial score (nSPS) is 16.6. The van der Waals surface area contributed by atoms with Crippen molar-refractivity contribution in [3.05, 3.63) is 45.8 Å². The zero-order valence-electron chi connectivity index (χ0n) is 14.7. The number of aryl methyl sites for hydroxylation is 1. The van der Waals surface area contributed by atoms with E-state index in [1.165, 1.54) is 16.8 Å². The van der Waals surface area contributed by atoms with Crippen molar-refractivity contribution in [2.75, 3.05) is 31.1 Å². The average Bonchev–Trinajstić information content (AvgIpc) is 3.02. The Morgan fingerprint density at radius 3 is 2.32 bits per heavy atom. The first kappa shape index (κ1) is 18.7. The number of hydrogen-bond acceptors (Lipinski definition) is 4. The van der Waals surface area contributed by atoms with Crippen molar-refractivity contribution >= 4 is 38.6 Å². The third kappa shape index (κ3) is 3.72. The van der Waals surface area contributed by atoms with Crippen LogP contribution in [0.25, 0.3) is 0 Å². The lowest BCUT2D eigenvalue weighted by molar-refractivity contribution is 0.385. The van der Waals surface area contributed by atoms with Crippen LogP contribution in [0.4, 0.5) is 5.69 Å². The molecule has 0 atom stereocenters. The van der Waals surface area contributed by atoms with Crippen LogP contribution < -0.4 is 4.90 Å². The van der Waals surface area contributed by atoms with Gasteiger partial charge in [-0.1, -0.05) is 43.6 Å². The highest BCUT2D eigenvalue weighted by Crippen LogP contribution is 2.33. The number of halogens is 1. The maximum atomic E-state index is 12.7. The SMILES string of the molecule is Cc1cccc(C(C)C)c1N1CCN(S(=O)(=O)c2ccc(Cl)s2)CC1. The van der Waals surface area contributed by atoms with E-state index in [-0.39, 0.29) is 0 Å². The fourth-order valence-corrected chi connectivity index (χ4v) is 6.35. The Bertz CT molecular complexity index is 854. The number of thiophene rings is 1. The number of hydrogen-bond donors (Lipinski definition) is 0. The molecule has 1 aliphatic rings. The number of para-hydroxylation sites is 1. The second kappa shape index (κ2) is 7.27. The predicted octanol–water partition coefficient (Wildman–Crippen LogP) is 4.34. The van der Waals surface area contributed by atoms with Gasteiger partial charge in [0.25, 0.3) is 10.0 Å². The van der Waals surface area contributed by atoms with Crippen LogP contribution in [-0.4, -0.2) is 38.9 Å². The summed E-state index contributed by atoms with van der Waals surface area (Å²) < 4.78 is 27.9. The number of piperazine rings is 1. The van der Waals surface area contributed by atoms with Crippen LogP contribution in [-0.2, 0) is 10.0 Å². The van der Waals surface area contributed by atoms with E-state index in [4.69, 9.17) is 11.6 Å². The van der Waals surface area contributed by atoms with Gasteiger partial charge in [0.15, 0.2) is 0 Å². The quantitative estimate of drug-likeness (QED) is 0.768. The molecule has 0 amide bonds.